The molecular formula is C11H24N2O. The molecule has 0 rings (SSSR count). The fourth-order valence-corrected chi connectivity index (χ4v) is 0.890. The Morgan fingerprint density at radius 1 is 1.29 bits per heavy atom. The molecule has 0 spiro atoms. The average Bonchev–Trinajstić information content (AvgIpc) is 1.98. The van der Waals surface area contributed by atoms with E-state index in [1.165, 1.54) is 0 Å². The lowest BCUT2D eigenvalue weighted by molar-refractivity contribution is -0.122. The predicted molar refractivity (Wildman–Crippen MR) is 59.7 cm³/mol. The largest absolute Gasteiger partial charge is 0.292 e. The molecule has 0 aromatic heterocycles. The van der Waals surface area contributed by atoms with Crippen molar-refractivity contribution in [2.75, 3.05) is 6.54 Å². The number of nitrogens with one attached hydrogen (secondary N) is 2. The van der Waals surface area contributed by atoms with Gasteiger partial charge in [0.05, 0.1) is 0 Å². The lowest BCUT2D eigenvalue weighted by Crippen LogP contribution is -2.41. The summed E-state index contributed by atoms with van der Waals surface area (Å²) in [6.07, 6.45) is 1.55. The Kier molecular flexibility index (Phi) is 5.77. The van der Waals surface area contributed by atoms with Crippen LogP contribution in [0.3, 0.4) is 0 Å². The molecule has 0 aromatic rings. The van der Waals surface area contributed by atoms with Crippen LogP contribution in [0.5, 0.6) is 0 Å². The van der Waals surface area contributed by atoms with Gasteiger partial charge in [0, 0.05) is 13.0 Å². The van der Waals surface area contributed by atoms with E-state index in [4.69, 9.17) is 0 Å². The minimum absolute atomic E-state index is 0.0861. The van der Waals surface area contributed by atoms with E-state index in [9.17, 15) is 4.79 Å². The second kappa shape index (κ2) is 6.02. The third-order valence-electron chi connectivity index (χ3n) is 1.80. The van der Waals surface area contributed by atoms with Gasteiger partial charge in [0.1, 0.15) is 0 Å². The smallest absolute Gasteiger partial charge is 0.234 e. The van der Waals surface area contributed by atoms with Gasteiger partial charge in [0.25, 0.3) is 0 Å². The van der Waals surface area contributed by atoms with Crippen molar-refractivity contribution in [2.45, 2.75) is 47.5 Å². The van der Waals surface area contributed by atoms with Crippen LogP contribution in [0.1, 0.15) is 47.5 Å². The van der Waals surface area contributed by atoms with Crippen molar-refractivity contribution in [1.29, 1.82) is 0 Å². The molecule has 1 amide bonds. The number of rotatable bonds is 5. The molecule has 0 aromatic carbocycles. The summed E-state index contributed by atoms with van der Waals surface area (Å²) in [7, 11) is 0. The molecule has 14 heavy (non-hydrogen) atoms. The SMILES string of the molecule is CC(C)CCC(=O)NNCC(C)(C)C. The third kappa shape index (κ3) is 9.52. The highest BCUT2D eigenvalue weighted by molar-refractivity contribution is 5.75. The zero-order chi connectivity index (χ0) is 11.2. The highest BCUT2D eigenvalue weighted by Gasteiger charge is 2.09. The van der Waals surface area contributed by atoms with Gasteiger partial charge in [-0.3, -0.25) is 10.2 Å². The highest BCUT2D eigenvalue weighted by atomic mass is 16.2. The maximum atomic E-state index is 11.3. The summed E-state index contributed by atoms with van der Waals surface area (Å²) in [5, 5.41) is 0. The molecule has 0 heterocycles. The molecule has 0 fully saturated rings. The van der Waals surface area contributed by atoms with Crippen molar-refractivity contribution in [3.05, 3.63) is 0 Å². The molecule has 0 unspecified atom stereocenters. The Morgan fingerprint density at radius 3 is 2.29 bits per heavy atom. The van der Waals surface area contributed by atoms with E-state index in [0.29, 0.717) is 12.3 Å². The molecule has 0 aliphatic carbocycles. The van der Waals surface area contributed by atoms with Crippen LogP contribution in [-0.4, -0.2) is 12.5 Å². The van der Waals surface area contributed by atoms with Gasteiger partial charge in [-0.25, -0.2) is 5.43 Å². The van der Waals surface area contributed by atoms with Gasteiger partial charge in [-0.15, -0.1) is 0 Å². The number of hydrogen-bond donors (Lipinski definition) is 2. The van der Waals surface area contributed by atoms with Crippen LogP contribution < -0.4 is 10.9 Å². The van der Waals surface area contributed by atoms with Gasteiger partial charge in [-0.1, -0.05) is 34.6 Å². The summed E-state index contributed by atoms with van der Waals surface area (Å²) in [4.78, 5) is 11.3. The van der Waals surface area contributed by atoms with E-state index in [-0.39, 0.29) is 11.3 Å². The summed E-state index contributed by atoms with van der Waals surface area (Å²) >= 11 is 0. The first kappa shape index (κ1) is 13.4. The van der Waals surface area contributed by atoms with Crippen LogP contribution in [0.25, 0.3) is 0 Å². The molecule has 84 valence electrons. The van der Waals surface area contributed by atoms with Gasteiger partial charge in [0.15, 0.2) is 0 Å². The molecular weight excluding hydrogens is 176 g/mol. The number of carbonyl (C=O) groups is 1. The van der Waals surface area contributed by atoms with Gasteiger partial charge < -0.3 is 0 Å². The van der Waals surface area contributed by atoms with Crippen molar-refractivity contribution in [3.8, 4) is 0 Å². The normalized spacial score (nSPS) is 11.9. The topological polar surface area (TPSA) is 41.1 Å². The number of hydrogen-bond acceptors (Lipinski definition) is 2. The zero-order valence-corrected chi connectivity index (χ0v) is 10.1. The molecule has 3 nitrogen and oxygen atoms in total. The summed E-state index contributed by atoms with van der Waals surface area (Å²) in [5.74, 6) is 0.673. The average molecular weight is 200 g/mol. The van der Waals surface area contributed by atoms with Crippen molar-refractivity contribution in [1.82, 2.24) is 10.9 Å². The molecule has 0 aliphatic heterocycles. The third-order valence-corrected chi connectivity index (χ3v) is 1.80. The Labute approximate surface area is 87.6 Å². The van der Waals surface area contributed by atoms with Crippen molar-refractivity contribution in [2.24, 2.45) is 11.3 Å². The quantitative estimate of drug-likeness (QED) is 0.667. The second-order valence-electron chi connectivity index (χ2n) is 5.39. The first-order valence-electron chi connectivity index (χ1n) is 5.33. The zero-order valence-electron chi connectivity index (χ0n) is 10.1. The van der Waals surface area contributed by atoms with Gasteiger partial charge in [0.2, 0.25) is 5.91 Å². The van der Waals surface area contributed by atoms with Crippen LogP contribution in [-0.2, 0) is 4.79 Å². The van der Waals surface area contributed by atoms with Gasteiger partial charge >= 0.3 is 0 Å². The van der Waals surface area contributed by atoms with Crippen molar-refractivity contribution >= 4 is 5.91 Å². The standard InChI is InChI=1S/C11H24N2O/c1-9(2)6-7-10(14)13-12-8-11(3,4)5/h9,12H,6-8H2,1-5H3,(H,13,14). The maximum absolute atomic E-state index is 11.3. The Morgan fingerprint density at radius 2 is 1.86 bits per heavy atom. The first-order chi connectivity index (χ1) is 6.31. The van der Waals surface area contributed by atoms with Crippen LogP contribution in [0.2, 0.25) is 0 Å². The molecule has 3 heteroatoms. The summed E-state index contributed by atoms with van der Waals surface area (Å²) in [5.41, 5.74) is 5.85. The fraction of sp³-hybridized carbons (Fsp3) is 0.909. The van der Waals surface area contributed by atoms with E-state index < -0.39 is 0 Å². The Balaban J connectivity index is 3.46. The lowest BCUT2D eigenvalue weighted by atomic mass is 9.97. The minimum atomic E-state index is 0.0861. The van der Waals surface area contributed by atoms with E-state index >= 15 is 0 Å². The molecule has 2 N–H and O–H groups in total. The first-order valence-corrected chi connectivity index (χ1v) is 5.33. The minimum Gasteiger partial charge on any atom is -0.292 e. The number of amides is 1. The van der Waals surface area contributed by atoms with Crippen LogP contribution in [0.15, 0.2) is 0 Å². The maximum Gasteiger partial charge on any atom is 0.234 e. The molecule has 0 saturated carbocycles. The summed E-state index contributed by atoms with van der Waals surface area (Å²) in [6.45, 7) is 11.4. The van der Waals surface area contributed by atoms with Crippen LogP contribution >= 0.6 is 0 Å². The lowest BCUT2D eigenvalue weighted by Gasteiger charge is -2.19. The number of hydrazine groups is 1. The van der Waals surface area contributed by atoms with E-state index in [1.807, 2.05) is 0 Å². The van der Waals surface area contributed by atoms with Crippen molar-refractivity contribution in [3.63, 3.8) is 0 Å². The Bertz CT molecular complexity index is 171. The van der Waals surface area contributed by atoms with E-state index in [0.717, 1.165) is 13.0 Å². The van der Waals surface area contributed by atoms with Gasteiger partial charge in [-0.2, -0.15) is 0 Å². The molecule has 0 radical (unpaired) electrons. The molecule has 0 bridgehead atoms. The molecule has 0 aliphatic rings. The fourth-order valence-electron chi connectivity index (χ4n) is 0.890. The van der Waals surface area contributed by atoms with Crippen molar-refractivity contribution < 1.29 is 4.79 Å². The predicted octanol–water partition coefficient (Wildman–Crippen LogP) is 2.09. The van der Waals surface area contributed by atoms with E-state index in [1.54, 1.807) is 0 Å². The second-order valence-corrected chi connectivity index (χ2v) is 5.39. The molecule has 0 atom stereocenters. The molecule has 0 saturated heterocycles. The number of carbonyl (C=O) groups excluding carboxylic acids is 1. The summed E-state index contributed by atoms with van der Waals surface area (Å²) < 4.78 is 0. The monoisotopic (exact) mass is 200 g/mol. The summed E-state index contributed by atoms with van der Waals surface area (Å²) in [6, 6.07) is 0. The van der Waals surface area contributed by atoms with Crippen LogP contribution in [0.4, 0.5) is 0 Å². The Hall–Kier alpha value is -0.570. The van der Waals surface area contributed by atoms with Gasteiger partial charge in [-0.05, 0) is 17.8 Å². The van der Waals surface area contributed by atoms with Crippen LogP contribution in [0, 0.1) is 11.3 Å². The highest BCUT2D eigenvalue weighted by Crippen LogP contribution is 2.09. The van der Waals surface area contributed by atoms with E-state index in [2.05, 4.69) is 45.5 Å².